The number of rotatable bonds is 5. The van der Waals surface area contributed by atoms with Crippen molar-refractivity contribution in [3.63, 3.8) is 0 Å². The molecule has 35 heavy (non-hydrogen) atoms. The van der Waals surface area contributed by atoms with Gasteiger partial charge in [0.1, 0.15) is 0 Å². The molecule has 0 aliphatic carbocycles. The molecule has 1 aromatic heterocycles. The normalized spacial score (nSPS) is 13.9. The standard InChI is InChI=1S/C25H19Cl2N3O3S2/c1-2-12-29-23-20(27)14-18(26)15-22(23)34-25(29)28-24(31)17-7-9-19(10-8-17)35(32,33)30-13-11-16-5-3-4-6-21(16)30/h2-10,14-15H,1,11-13H2. The van der Waals surface area contributed by atoms with E-state index in [4.69, 9.17) is 23.2 Å². The minimum Gasteiger partial charge on any atom is -0.311 e. The Morgan fingerprint density at radius 2 is 1.86 bits per heavy atom. The number of benzene rings is 3. The number of hydrogen-bond acceptors (Lipinski definition) is 4. The summed E-state index contributed by atoms with van der Waals surface area (Å²) in [5.74, 6) is -0.493. The largest absolute Gasteiger partial charge is 0.311 e. The predicted molar refractivity (Wildman–Crippen MR) is 141 cm³/mol. The number of amides is 1. The van der Waals surface area contributed by atoms with Crippen LogP contribution in [0.25, 0.3) is 10.2 Å². The lowest BCUT2D eigenvalue weighted by Crippen LogP contribution is -2.29. The van der Waals surface area contributed by atoms with E-state index in [1.807, 2.05) is 18.2 Å². The number of anilines is 1. The summed E-state index contributed by atoms with van der Waals surface area (Å²) in [7, 11) is -3.74. The summed E-state index contributed by atoms with van der Waals surface area (Å²) in [5.41, 5.74) is 2.69. The molecule has 0 atom stereocenters. The van der Waals surface area contributed by atoms with Gasteiger partial charge in [0.2, 0.25) is 0 Å². The fourth-order valence-electron chi connectivity index (χ4n) is 4.12. The Kier molecular flexibility index (Phi) is 6.31. The number of fused-ring (bicyclic) bond motifs is 2. The summed E-state index contributed by atoms with van der Waals surface area (Å²) >= 11 is 13.8. The van der Waals surface area contributed by atoms with Crippen LogP contribution in [0.1, 0.15) is 15.9 Å². The van der Waals surface area contributed by atoms with E-state index in [-0.39, 0.29) is 10.5 Å². The van der Waals surface area contributed by atoms with E-state index in [0.29, 0.717) is 40.0 Å². The van der Waals surface area contributed by atoms with E-state index in [1.165, 1.54) is 39.9 Å². The van der Waals surface area contributed by atoms with Crippen LogP contribution in [0.5, 0.6) is 0 Å². The number of carbonyl (C=O) groups is 1. The van der Waals surface area contributed by atoms with Crippen LogP contribution in [-0.2, 0) is 23.0 Å². The van der Waals surface area contributed by atoms with Crippen LogP contribution >= 0.6 is 34.5 Å². The van der Waals surface area contributed by atoms with Crippen LogP contribution in [-0.4, -0.2) is 25.4 Å². The lowest BCUT2D eigenvalue weighted by atomic mass is 10.2. The summed E-state index contributed by atoms with van der Waals surface area (Å²) < 4.78 is 30.5. The molecule has 0 N–H and O–H groups in total. The number of halogens is 2. The molecular weight excluding hydrogens is 525 g/mol. The summed E-state index contributed by atoms with van der Waals surface area (Å²) in [4.78, 5) is 17.8. The Labute approximate surface area is 216 Å². The third-order valence-corrected chi connectivity index (χ3v) is 9.10. The predicted octanol–water partition coefficient (Wildman–Crippen LogP) is 5.69. The van der Waals surface area contributed by atoms with Gasteiger partial charge in [-0.15, -0.1) is 6.58 Å². The maximum Gasteiger partial charge on any atom is 0.279 e. The molecule has 4 aromatic rings. The van der Waals surface area contributed by atoms with E-state index < -0.39 is 15.9 Å². The molecule has 0 fully saturated rings. The molecule has 178 valence electrons. The first kappa shape index (κ1) is 23.8. The lowest BCUT2D eigenvalue weighted by molar-refractivity contribution is 0.0998. The van der Waals surface area contributed by atoms with E-state index in [2.05, 4.69) is 11.6 Å². The molecule has 1 amide bonds. The van der Waals surface area contributed by atoms with Gasteiger partial charge in [-0.3, -0.25) is 9.10 Å². The monoisotopic (exact) mass is 543 g/mol. The Morgan fingerprint density at radius 1 is 1.11 bits per heavy atom. The van der Waals surface area contributed by atoms with Gasteiger partial charge in [0, 0.05) is 23.7 Å². The highest BCUT2D eigenvalue weighted by Gasteiger charge is 2.30. The third-order valence-electron chi connectivity index (χ3n) is 5.74. The Balaban J connectivity index is 1.48. The Morgan fingerprint density at radius 3 is 2.60 bits per heavy atom. The molecule has 10 heteroatoms. The van der Waals surface area contributed by atoms with E-state index in [0.717, 1.165) is 15.8 Å². The molecule has 6 nitrogen and oxygen atoms in total. The van der Waals surface area contributed by atoms with Crippen LogP contribution in [0.4, 0.5) is 5.69 Å². The number of thiazole rings is 1. The van der Waals surface area contributed by atoms with Crippen LogP contribution in [0.3, 0.4) is 0 Å². The second-order valence-corrected chi connectivity index (χ2v) is 11.6. The molecule has 0 bridgehead atoms. The van der Waals surface area contributed by atoms with Gasteiger partial charge in [-0.2, -0.15) is 4.99 Å². The molecule has 1 aliphatic heterocycles. The fraction of sp³-hybridized carbons (Fsp3) is 0.120. The van der Waals surface area contributed by atoms with Crippen LogP contribution in [0.15, 0.2) is 83.2 Å². The van der Waals surface area contributed by atoms with Crippen molar-refractivity contribution in [2.24, 2.45) is 4.99 Å². The van der Waals surface area contributed by atoms with E-state index in [9.17, 15) is 13.2 Å². The molecular formula is C25H19Cl2N3O3S2. The van der Waals surface area contributed by atoms with Gasteiger partial charge in [0.05, 0.1) is 25.8 Å². The van der Waals surface area contributed by atoms with Crippen molar-refractivity contribution < 1.29 is 13.2 Å². The molecule has 0 spiro atoms. The van der Waals surface area contributed by atoms with Crippen molar-refractivity contribution in [2.75, 3.05) is 10.8 Å². The molecule has 5 rings (SSSR count). The fourth-order valence-corrected chi connectivity index (χ4v) is 7.44. The van der Waals surface area contributed by atoms with Crippen molar-refractivity contribution in [3.05, 3.63) is 99.3 Å². The van der Waals surface area contributed by atoms with Gasteiger partial charge < -0.3 is 4.57 Å². The zero-order valence-corrected chi connectivity index (χ0v) is 21.5. The number of hydrogen-bond donors (Lipinski definition) is 0. The maximum absolute atomic E-state index is 13.2. The van der Waals surface area contributed by atoms with Crippen LogP contribution < -0.4 is 9.11 Å². The summed E-state index contributed by atoms with van der Waals surface area (Å²) in [5, 5.41) is 0.947. The number of sulfonamides is 1. The van der Waals surface area contributed by atoms with Crippen molar-refractivity contribution in [1.82, 2.24) is 4.57 Å². The first-order valence-electron chi connectivity index (χ1n) is 10.7. The van der Waals surface area contributed by atoms with Crippen molar-refractivity contribution >= 4 is 66.4 Å². The van der Waals surface area contributed by atoms with Crippen molar-refractivity contribution in [2.45, 2.75) is 17.9 Å². The highest BCUT2D eigenvalue weighted by Crippen LogP contribution is 2.33. The lowest BCUT2D eigenvalue weighted by Gasteiger charge is -2.19. The highest BCUT2D eigenvalue weighted by atomic mass is 35.5. The second-order valence-electron chi connectivity index (χ2n) is 7.92. The SMILES string of the molecule is C=CCn1c(=NC(=O)c2ccc(S(=O)(=O)N3CCc4ccccc43)cc2)sc2cc(Cl)cc(Cl)c21. The van der Waals surface area contributed by atoms with Crippen molar-refractivity contribution in [3.8, 4) is 0 Å². The molecule has 0 saturated heterocycles. The Bertz CT molecular complexity index is 1660. The van der Waals surface area contributed by atoms with E-state index >= 15 is 0 Å². The molecule has 0 unspecified atom stereocenters. The number of para-hydroxylation sites is 1. The number of carbonyl (C=O) groups excluding carboxylic acids is 1. The summed E-state index contributed by atoms with van der Waals surface area (Å²) in [6.07, 6.45) is 2.36. The van der Waals surface area contributed by atoms with Gasteiger partial charge in [0.15, 0.2) is 4.80 Å². The van der Waals surface area contributed by atoms with E-state index in [1.54, 1.807) is 28.8 Å². The zero-order chi connectivity index (χ0) is 24.7. The van der Waals surface area contributed by atoms with Crippen LogP contribution in [0, 0.1) is 0 Å². The van der Waals surface area contributed by atoms with Gasteiger partial charge in [-0.1, -0.05) is 58.8 Å². The van der Waals surface area contributed by atoms with Gasteiger partial charge in [-0.05, 0) is 54.4 Å². The van der Waals surface area contributed by atoms with Crippen molar-refractivity contribution in [1.29, 1.82) is 0 Å². The van der Waals surface area contributed by atoms with Gasteiger partial charge >= 0.3 is 0 Å². The molecule has 3 aromatic carbocycles. The third kappa shape index (κ3) is 4.31. The molecule has 2 heterocycles. The molecule has 0 saturated carbocycles. The Hall–Kier alpha value is -2.91. The molecule has 1 aliphatic rings. The number of nitrogens with zero attached hydrogens (tertiary/aromatic N) is 3. The first-order chi connectivity index (χ1) is 16.8. The quantitative estimate of drug-likeness (QED) is 0.303. The minimum absolute atomic E-state index is 0.121. The number of allylic oxidation sites excluding steroid dienone is 1. The summed E-state index contributed by atoms with van der Waals surface area (Å²) in [6.45, 7) is 4.57. The smallest absolute Gasteiger partial charge is 0.279 e. The minimum atomic E-state index is -3.74. The van der Waals surface area contributed by atoms with Crippen LogP contribution in [0.2, 0.25) is 10.0 Å². The number of aromatic nitrogens is 1. The highest BCUT2D eigenvalue weighted by molar-refractivity contribution is 7.92. The molecule has 0 radical (unpaired) electrons. The van der Waals surface area contributed by atoms with Gasteiger partial charge in [0.25, 0.3) is 15.9 Å². The zero-order valence-electron chi connectivity index (χ0n) is 18.3. The van der Waals surface area contributed by atoms with Gasteiger partial charge in [-0.25, -0.2) is 8.42 Å². The first-order valence-corrected chi connectivity index (χ1v) is 13.7. The second kappa shape index (κ2) is 9.28. The maximum atomic E-state index is 13.2. The average molecular weight is 544 g/mol. The summed E-state index contributed by atoms with van der Waals surface area (Å²) in [6, 6.07) is 16.7. The average Bonchev–Trinajstić information content (AvgIpc) is 3.41. The topological polar surface area (TPSA) is 71.7 Å².